The zero-order valence-electron chi connectivity index (χ0n) is 16.0. The molecule has 0 fully saturated rings. The van der Waals surface area contributed by atoms with Crippen LogP contribution in [0.25, 0.3) is 16.8 Å². The topological polar surface area (TPSA) is 77.1 Å². The largest absolute Gasteiger partial charge is 0.375 e. The van der Waals surface area contributed by atoms with Crippen LogP contribution in [0.5, 0.6) is 0 Å². The number of anilines is 1. The van der Waals surface area contributed by atoms with Gasteiger partial charge in [0.1, 0.15) is 4.64 Å². The number of nitrogens with zero attached hydrogens (tertiary/aromatic N) is 1. The highest BCUT2D eigenvalue weighted by Crippen LogP contribution is 2.48. The third-order valence-electron chi connectivity index (χ3n) is 5.13. The number of aryl methyl sites for hydroxylation is 2. The molecule has 1 aliphatic rings. The fourth-order valence-electron chi connectivity index (χ4n) is 3.50. The monoisotopic (exact) mass is 431 g/mol. The van der Waals surface area contributed by atoms with Crippen LogP contribution in [0.1, 0.15) is 29.9 Å². The molecule has 2 heterocycles. The van der Waals surface area contributed by atoms with Gasteiger partial charge in [0.25, 0.3) is 0 Å². The number of nitrogens with two attached hydrogens (primary N) is 1. The number of nitrogens with one attached hydrogen (secondary N) is 1. The predicted molar refractivity (Wildman–Crippen MR) is 117 cm³/mol. The molecule has 3 aromatic rings. The zero-order chi connectivity index (χ0) is 20.4. The van der Waals surface area contributed by atoms with E-state index in [9.17, 15) is 8.42 Å². The Morgan fingerprint density at radius 1 is 1.11 bits per heavy atom. The molecule has 5 nitrogen and oxygen atoms in total. The highest BCUT2D eigenvalue weighted by atomic mass is 32.2. The molecule has 1 aromatic heterocycles. The SMILES string of the molecule is Cc1cc2c(cc1C)-c1c(sn(-c3ccc(S(N)(=O)=O)cc3)c1=S)C(C)(C)N2. The normalized spacial score (nSPS) is 14.9. The maximum absolute atomic E-state index is 11.5. The van der Waals surface area contributed by atoms with Crippen LogP contribution >= 0.6 is 23.8 Å². The molecule has 0 radical (unpaired) electrons. The maximum atomic E-state index is 11.5. The third kappa shape index (κ3) is 3.00. The average Bonchev–Trinajstić information content (AvgIpc) is 2.95. The molecule has 0 aliphatic carbocycles. The molecular weight excluding hydrogens is 410 g/mol. The molecule has 0 atom stereocenters. The Morgan fingerprint density at radius 3 is 2.32 bits per heavy atom. The van der Waals surface area contributed by atoms with Crippen molar-refractivity contribution in [1.29, 1.82) is 0 Å². The molecule has 0 saturated heterocycles. The minimum Gasteiger partial charge on any atom is -0.375 e. The van der Waals surface area contributed by atoms with Gasteiger partial charge in [-0.1, -0.05) is 23.8 Å². The highest BCUT2D eigenvalue weighted by Gasteiger charge is 2.34. The number of aromatic nitrogens is 1. The molecule has 146 valence electrons. The van der Waals surface area contributed by atoms with Crippen molar-refractivity contribution in [2.45, 2.75) is 38.1 Å². The molecule has 8 heteroatoms. The molecule has 0 unspecified atom stereocenters. The lowest BCUT2D eigenvalue weighted by molar-refractivity contribution is 0.598. The van der Waals surface area contributed by atoms with Gasteiger partial charge in [-0.25, -0.2) is 13.6 Å². The number of hydrogen-bond donors (Lipinski definition) is 2. The molecule has 3 N–H and O–H groups in total. The van der Waals surface area contributed by atoms with Crippen LogP contribution in [-0.2, 0) is 15.6 Å². The number of fused-ring (bicyclic) bond motifs is 3. The van der Waals surface area contributed by atoms with E-state index < -0.39 is 10.0 Å². The Balaban J connectivity index is 1.94. The van der Waals surface area contributed by atoms with Crippen molar-refractivity contribution in [3.8, 4) is 16.8 Å². The molecule has 4 rings (SSSR count). The van der Waals surface area contributed by atoms with Gasteiger partial charge in [-0.05, 0) is 75.2 Å². The number of hydrogen-bond acceptors (Lipinski definition) is 5. The van der Waals surface area contributed by atoms with E-state index in [1.165, 1.54) is 23.3 Å². The van der Waals surface area contributed by atoms with Crippen molar-refractivity contribution >= 4 is 39.5 Å². The molecule has 28 heavy (non-hydrogen) atoms. The van der Waals surface area contributed by atoms with Crippen LogP contribution in [0, 0.1) is 18.5 Å². The summed E-state index contributed by atoms with van der Waals surface area (Å²) in [5.41, 5.74) is 6.26. The van der Waals surface area contributed by atoms with E-state index in [0.717, 1.165) is 32.0 Å². The van der Waals surface area contributed by atoms with Crippen molar-refractivity contribution in [2.75, 3.05) is 5.32 Å². The fourth-order valence-corrected chi connectivity index (χ4v) is 5.67. The Morgan fingerprint density at radius 2 is 1.71 bits per heavy atom. The zero-order valence-corrected chi connectivity index (χ0v) is 18.5. The van der Waals surface area contributed by atoms with Gasteiger partial charge in [0.05, 0.1) is 21.0 Å². The first-order chi connectivity index (χ1) is 13.0. The maximum Gasteiger partial charge on any atom is 0.238 e. The summed E-state index contributed by atoms with van der Waals surface area (Å²) in [4.78, 5) is 1.24. The van der Waals surface area contributed by atoms with E-state index in [0.29, 0.717) is 0 Å². The quantitative estimate of drug-likeness (QED) is 0.568. The first kappa shape index (κ1) is 19.3. The lowest BCUT2D eigenvalue weighted by Gasteiger charge is -2.33. The van der Waals surface area contributed by atoms with Gasteiger partial charge in [0.15, 0.2) is 0 Å². The Labute approximate surface area is 174 Å². The number of rotatable bonds is 2. The molecule has 2 aromatic carbocycles. The number of benzene rings is 2. The lowest BCUT2D eigenvalue weighted by atomic mass is 9.88. The summed E-state index contributed by atoms with van der Waals surface area (Å²) in [5, 5.41) is 8.85. The van der Waals surface area contributed by atoms with Crippen molar-refractivity contribution in [2.24, 2.45) is 5.14 Å². The second-order valence-corrected chi connectivity index (χ2v) is 10.6. The van der Waals surface area contributed by atoms with Crippen LogP contribution in [0.3, 0.4) is 0 Å². The van der Waals surface area contributed by atoms with Crippen LogP contribution in [-0.4, -0.2) is 12.4 Å². The van der Waals surface area contributed by atoms with Crippen LogP contribution in [0.2, 0.25) is 0 Å². The van der Waals surface area contributed by atoms with Gasteiger partial charge < -0.3 is 5.32 Å². The minimum atomic E-state index is -3.72. The lowest BCUT2D eigenvalue weighted by Crippen LogP contribution is -2.30. The Bertz CT molecular complexity index is 1270. The van der Waals surface area contributed by atoms with Gasteiger partial charge in [-0.15, -0.1) is 0 Å². The summed E-state index contributed by atoms with van der Waals surface area (Å²) in [6, 6.07) is 10.8. The fraction of sp³-hybridized carbons (Fsp3) is 0.250. The van der Waals surface area contributed by atoms with E-state index in [1.54, 1.807) is 23.7 Å². The molecule has 0 saturated carbocycles. The summed E-state index contributed by atoms with van der Waals surface area (Å²) < 4.78 is 25.8. The number of primary sulfonamides is 1. The molecule has 0 spiro atoms. The van der Waals surface area contributed by atoms with E-state index in [-0.39, 0.29) is 10.4 Å². The van der Waals surface area contributed by atoms with E-state index in [2.05, 4.69) is 45.1 Å². The van der Waals surface area contributed by atoms with Gasteiger partial charge in [0.2, 0.25) is 10.0 Å². The van der Waals surface area contributed by atoms with Crippen LogP contribution in [0.15, 0.2) is 41.3 Å². The van der Waals surface area contributed by atoms with Crippen molar-refractivity contribution < 1.29 is 8.42 Å². The number of sulfonamides is 1. The summed E-state index contributed by atoms with van der Waals surface area (Å²) in [7, 11) is -3.72. The van der Waals surface area contributed by atoms with Crippen molar-refractivity contribution in [3.63, 3.8) is 0 Å². The molecular formula is C20H21N3O2S3. The summed E-state index contributed by atoms with van der Waals surface area (Å²) >= 11 is 7.44. The van der Waals surface area contributed by atoms with Crippen LogP contribution < -0.4 is 10.5 Å². The molecule has 0 bridgehead atoms. The van der Waals surface area contributed by atoms with Gasteiger partial charge in [-0.3, -0.25) is 3.96 Å². The molecule has 1 aliphatic heterocycles. The van der Waals surface area contributed by atoms with Gasteiger partial charge >= 0.3 is 0 Å². The van der Waals surface area contributed by atoms with Crippen LogP contribution in [0.4, 0.5) is 5.69 Å². The molecule has 0 amide bonds. The van der Waals surface area contributed by atoms with Gasteiger partial charge in [-0.2, -0.15) is 0 Å². The summed E-state index contributed by atoms with van der Waals surface area (Å²) in [5.74, 6) is 0. The first-order valence-electron chi connectivity index (χ1n) is 8.79. The third-order valence-corrected chi connectivity index (χ3v) is 8.03. The van der Waals surface area contributed by atoms with Crippen molar-refractivity contribution in [1.82, 2.24) is 3.96 Å². The van der Waals surface area contributed by atoms with E-state index in [4.69, 9.17) is 17.4 Å². The first-order valence-corrected chi connectivity index (χ1v) is 11.5. The Kier molecular flexibility index (Phi) is 4.31. The van der Waals surface area contributed by atoms with Crippen molar-refractivity contribution in [3.05, 3.63) is 57.0 Å². The minimum absolute atomic E-state index is 0.0857. The smallest absolute Gasteiger partial charge is 0.238 e. The second kappa shape index (κ2) is 6.25. The summed E-state index contributed by atoms with van der Waals surface area (Å²) in [6.07, 6.45) is 0. The van der Waals surface area contributed by atoms with E-state index >= 15 is 0 Å². The van der Waals surface area contributed by atoms with Gasteiger partial charge in [0, 0.05) is 16.8 Å². The van der Waals surface area contributed by atoms with E-state index in [1.807, 2.05) is 3.96 Å². The summed E-state index contributed by atoms with van der Waals surface area (Å²) in [6.45, 7) is 8.49. The standard InChI is InChI=1S/C20H21N3O2S3/c1-11-9-15-16(10-12(11)2)22-20(3,4)18-17(15)19(26)23(27-18)13-5-7-14(8-6-13)28(21,24)25/h5-10,22H,1-4H3,(H2,21,24,25). The average molecular weight is 432 g/mol. The Hall–Kier alpha value is -2.00. The predicted octanol–water partition coefficient (Wildman–Crippen LogP) is 4.86. The highest BCUT2D eigenvalue weighted by molar-refractivity contribution is 7.89. The second-order valence-electron chi connectivity index (χ2n) is 7.67.